The van der Waals surface area contributed by atoms with E-state index in [1.807, 2.05) is 47.4 Å². The molecule has 1 atom stereocenters. The molecule has 0 saturated carbocycles. The predicted molar refractivity (Wildman–Crippen MR) is 101 cm³/mol. The molecule has 0 radical (unpaired) electrons. The number of benzene rings is 2. The highest BCUT2D eigenvalue weighted by Crippen LogP contribution is 2.36. The van der Waals surface area contributed by atoms with Gasteiger partial charge in [-0.1, -0.05) is 28.1 Å². The number of rotatable bonds is 2. The molecular weight excluding hydrogens is 384 g/mol. The van der Waals surface area contributed by atoms with Gasteiger partial charge >= 0.3 is 0 Å². The normalized spacial score (nSPS) is 18.0. The SMILES string of the molecule is O=C(c1ccc(Br)cc1)N1CCCCC1c1nc2ccccc2s1. The lowest BCUT2D eigenvalue weighted by atomic mass is 10.0. The molecule has 2 aromatic carbocycles. The van der Waals surface area contributed by atoms with Gasteiger partial charge in [0.15, 0.2) is 0 Å². The summed E-state index contributed by atoms with van der Waals surface area (Å²) in [6, 6.07) is 15.9. The van der Waals surface area contributed by atoms with E-state index in [4.69, 9.17) is 4.98 Å². The van der Waals surface area contributed by atoms with E-state index >= 15 is 0 Å². The topological polar surface area (TPSA) is 33.2 Å². The molecule has 4 rings (SSSR count). The number of piperidine rings is 1. The van der Waals surface area contributed by atoms with E-state index in [0.717, 1.165) is 46.4 Å². The highest BCUT2D eigenvalue weighted by Gasteiger charge is 2.30. The van der Waals surface area contributed by atoms with E-state index in [9.17, 15) is 4.79 Å². The molecule has 1 aliphatic rings. The summed E-state index contributed by atoms with van der Waals surface area (Å²) in [4.78, 5) is 19.8. The third kappa shape index (κ3) is 2.98. The summed E-state index contributed by atoms with van der Waals surface area (Å²) in [5.74, 6) is 0.103. The molecule has 0 N–H and O–H groups in total. The summed E-state index contributed by atoms with van der Waals surface area (Å²) in [7, 11) is 0. The van der Waals surface area contributed by atoms with Crippen molar-refractivity contribution >= 4 is 43.4 Å². The minimum absolute atomic E-state index is 0.0901. The zero-order valence-electron chi connectivity index (χ0n) is 13.1. The molecule has 1 saturated heterocycles. The smallest absolute Gasteiger partial charge is 0.254 e. The van der Waals surface area contributed by atoms with Crippen LogP contribution in [0.5, 0.6) is 0 Å². The monoisotopic (exact) mass is 400 g/mol. The van der Waals surface area contributed by atoms with Crippen molar-refractivity contribution < 1.29 is 4.79 Å². The number of carbonyl (C=O) groups excluding carboxylic acids is 1. The van der Waals surface area contributed by atoms with Gasteiger partial charge in [0.1, 0.15) is 5.01 Å². The lowest BCUT2D eigenvalue weighted by Crippen LogP contribution is -2.38. The van der Waals surface area contributed by atoms with Crippen LogP contribution in [0.3, 0.4) is 0 Å². The number of carbonyl (C=O) groups is 1. The fourth-order valence-electron chi connectivity index (χ4n) is 3.22. The Hall–Kier alpha value is -1.72. The average Bonchev–Trinajstić information content (AvgIpc) is 3.06. The van der Waals surface area contributed by atoms with Gasteiger partial charge in [0.2, 0.25) is 0 Å². The van der Waals surface area contributed by atoms with Crippen molar-refractivity contribution in [2.45, 2.75) is 25.3 Å². The van der Waals surface area contributed by atoms with Gasteiger partial charge < -0.3 is 4.90 Å². The maximum absolute atomic E-state index is 13.0. The Morgan fingerprint density at radius 3 is 2.71 bits per heavy atom. The van der Waals surface area contributed by atoms with Crippen molar-refractivity contribution in [1.29, 1.82) is 0 Å². The van der Waals surface area contributed by atoms with Crippen molar-refractivity contribution in [3.05, 3.63) is 63.6 Å². The predicted octanol–water partition coefficient (Wildman–Crippen LogP) is 5.43. The van der Waals surface area contributed by atoms with Crippen molar-refractivity contribution in [1.82, 2.24) is 9.88 Å². The van der Waals surface area contributed by atoms with E-state index in [-0.39, 0.29) is 11.9 Å². The van der Waals surface area contributed by atoms with E-state index in [1.54, 1.807) is 11.3 Å². The van der Waals surface area contributed by atoms with Crippen molar-refractivity contribution in [3.63, 3.8) is 0 Å². The van der Waals surface area contributed by atoms with E-state index in [1.165, 1.54) is 4.70 Å². The Kier molecular flexibility index (Phi) is 4.37. The first kappa shape index (κ1) is 15.8. The molecule has 1 amide bonds. The second-order valence-electron chi connectivity index (χ2n) is 6.04. The van der Waals surface area contributed by atoms with Gasteiger partial charge in [-0.2, -0.15) is 0 Å². The number of halogens is 1. The number of para-hydroxylation sites is 1. The standard InChI is InChI=1S/C19H17BrN2OS/c20-14-10-8-13(9-11-14)19(23)22-12-4-3-6-16(22)18-21-15-5-1-2-7-17(15)24-18/h1-2,5,7-11,16H,3-4,6,12H2. The number of aromatic nitrogens is 1. The van der Waals surface area contributed by atoms with Crippen molar-refractivity contribution in [2.24, 2.45) is 0 Å². The summed E-state index contributed by atoms with van der Waals surface area (Å²) in [6.45, 7) is 0.801. The summed E-state index contributed by atoms with van der Waals surface area (Å²) >= 11 is 5.14. The molecule has 0 bridgehead atoms. The first-order valence-corrected chi connectivity index (χ1v) is 9.75. The van der Waals surface area contributed by atoms with Crippen LogP contribution < -0.4 is 0 Å². The summed E-state index contributed by atoms with van der Waals surface area (Å²) in [5, 5.41) is 1.06. The fraction of sp³-hybridized carbons (Fsp3) is 0.263. The quantitative estimate of drug-likeness (QED) is 0.574. The van der Waals surface area contributed by atoms with Crippen LogP contribution in [0.15, 0.2) is 53.0 Å². The molecule has 1 aromatic heterocycles. The number of likely N-dealkylation sites (tertiary alicyclic amines) is 1. The molecular formula is C19H17BrN2OS. The minimum atomic E-state index is 0.0901. The van der Waals surface area contributed by atoms with Crippen LogP contribution in [0, 0.1) is 0 Å². The third-order valence-electron chi connectivity index (χ3n) is 4.45. The molecule has 122 valence electrons. The molecule has 0 aliphatic carbocycles. The van der Waals surface area contributed by atoms with Gasteiger partial charge in [-0.3, -0.25) is 4.79 Å². The van der Waals surface area contributed by atoms with Gasteiger partial charge in [-0.05, 0) is 55.7 Å². The molecule has 1 unspecified atom stereocenters. The first-order valence-electron chi connectivity index (χ1n) is 8.14. The van der Waals surface area contributed by atoms with Gasteiger partial charge in [-0.25, -0.2) is 4.98 Å². The van der Waals surface area contributed by atoms with Gasteiger partial charge in [-0.15, -0.1) is 11.3 Å². The maximum atomic E-state index is 13.0. The first-order chi connectivity index (χ1) is 11.7. The number of thiazole rings is 1. The van der Waals surface area contributed by atoms with Crippen LogP contribution in [0.2, 0.25) is 0 Å². The van der Waals surface area contributed by atoms with E-state index < -0.39 is 0 Å². The minimum Gasteiger partial charge on any atom is -0.329 e. The van der Waals surface area contributed by atoms with Crippen LogP contribution in [0.25, 0.3) is 10.2 Å². The van der Waals surface area contributed by atoms with Crippen LogP contribution in [-0.4, -0.2) is 22.3 Å². The van der Waals surface area contributed by atoms with Gasteiger partial charge in [0.25, 0.3) is 5.91 Å². The average molecular weight is 401 g/mol. The van der Waals surface area contributed by atoms with Crippen molar-refractivity contribution in [2.75, 3.05) is 6.54 Å². The molecule has 2 heterocycles. The second kappa shape index (κ2) is 6.65. The molecule has 5 heteroatoms. The summed E-state index contributed by atoms with van der Waals surface area (Å²) in [6.07, 6.45) is 3.19. The largest absolute Gasteiger partial charge is 0.329 e. The fourth-order valence-corrected chi connectivity index (χ4v) is 4.60. The van der Waals surface area contributed by atoms with Crippen molar-refractivity contribution in [3.8, 4) is 0 Å². The molecule has 3 aromatic rings. The molecule has 1 fully saturated rings. The van der Waals surface area contributed by atoms with Crippen LogP contribution in [0.1, 0.15) is 40.7 Å². The Labute approximate surface area is 153 Å². The van der Waals surface area contributed by atoms with Gasteiger partial charge in [0.05, 0.1) is 16.3 Å². The molecule has 0 spiro atoms. The number of hydrogen-bond donors (Lipinski definition) is 0. The van der Waals surface area contributed by atoms with E-state index in [2.05, 4.69) is 22.0 Å². The highest BCUT2D eigenvalue weighted by atomic mass is 79.9. The Bertz CT molecular complexity index is 841. The second-order valence-corrected chi connectivity index (χ2v) is 8.01. The zero-order chi connectivity index (χ0) is 16.5. The van der Waals surface area contributed by atoms with E-state index in [0.29, 0.717) is 0 Å². The number of nitrogens with zero attached hydrogens (tertiary/aromatic N) is 2. The molecule has 24 heavy (non-hydrogen) atoms. The van der Waals surface area contributed by atoms with Crippen LogP contribution >= 0.6 is 27.3 Å². The number of amides is 1. The molecule has 3 nitrogen and oxygen atoms in total. The number of fused-ring (bicyclic) bond motifs is 1. The van der Waals surface area contributed by atoms with Crippen LogP contribution in [0.4, 0.5) is 0 Å². The Balaban J connectivity index is 1.67. The maximum Gasteiger partial charge on any atom is 0.254 e. The highest BCUT2D eigenvalue weighted by molar-refractivity contribution is 9.10. The molecule has 1 aliphatic heterocycles. The van der Waals surface area contributed by atoms with Gasteiger partial charge in [0, 0.05) is 16.6 Å². The lowest BCUT2D eigenvalue weighted by Gasteiger charge is -2.34. The summed E-state index contributed by atoms with van der Waals surface area (Å²) in [5.41, 5.74) is 1.77. The third-order valence-corrected chi connectivity index (χ3v) is 6.12. The zero-order valence-corrected chi connectivity index (χ0v) is 15.5. The Morgan fingerprint density at radius 2 is 1.92 bits per heavy atom. The lowest BCUT2D eigenvalue weighted by molar-refractivity contribution is 0.0611. The number of hydrogen-bond acceptors (Lipinski definition) is 3. The Morgan fingerprint density at radius 1 is 1.12 bits per heavy atom. The van der Waals surface area contributed by atoms with Crippen LogP contribution in [-0.2, 0) is 0 Å². The summed E-state index contributed by atoms with van der Waals surface area (Å²) < 4.78 is 2.18.